The Morgan fingerprint density at radius 2 is 2.17 bits per heavy atom. The molecule has 2 aliphatic heterocycles. The summed E-state index contributed by atoms with van der Waals surface area (Å²) in [5, 5.41) is 0. The molecule has 0 saturated carbocycles. The van der Waals surface area contributed by atoms with Gasteiger partial charge in [-0.3, -0.25) is 4.90 Å². The van der Waals surface area contributed by atoms with Crippen molar-refractivity contribution in [1.29, 1.82) is 0 Å². The summed E-state index contributed by atoms with van der Waals surface area (Å²) in [7, 11) is 0. The molecule has 2 N–H and O–H groups in total. The van der Waals surface area contributed by atoms with Crippen molar-refractivity contribution < 1.29 is 14.2 Å². The normalized spacial score (nSPS) is 23.3. The lowest BCUT2D eigenvalue weighted by molar-refractivity contribution is -0.0289. The highest BCUT2D eigenvalue weighted by molar-refractivity contribution is 5.45. The van der Waals surface area contributed by atoms with Crippen molar-refractivity contribution >= 4 is 0 Å². The first-order valence-corrected chi connectivity index (χ1v) is 6.30. The molecule has 1 aromatic carbocycles. The van der Waals surface area contributed by atoms with E-state index in [2.05, 4.69) is 4.90 Å². The molecule has 0 aliphatic carbocycles. The van der Waals surface area contributed by atoms with Gasteiger partial charge in [0.05, 0.1) is 12.7 Å². The monoisotopic (exact) mass is 250 g/mol. The van der Waals surface area contributed by atoms with Gasteiger partial charge in [-0.25, -0.2) is 0 Å². The van der Waals surface area contributed by atoms with Crippen LogP contribution in [0.25, 0.3) is 0 Å². The van der Waals surface area contributed by atoms with Gasteiger partial charge in [0, 0.05) is 26.2 Å². The topological polar surface area (TPSA) is 57.0 Å². The Hall–Kier alpha value is -1.30. The van der Waals surface area contributed by atoms with E-state index in [0.717, 1.165) is 43.3 Å². The zero-order valence-corrected chi connectivity index (χ0v) is 10.3. The van der Waals surface area contributed by atoms with Gasteiger partial charge in [-0.15, -0.1) is 0 Å². The van der Waals surface area contributed by atoms with E-state index in [9.17, 15) is 0 Å². The van der Waals surface area contributed by atoms with Gasteiger partial charge in [0.25, 0.3) is 0 Å². The molecule has 5 nitrogen and oxygen atoms in total. The highest BCUT2D eigenvalue weighted by Gasteiger charge is 2.23. The second kappa shape index (κ2) is 5.14. The summed E-state index contributed by atoms with van der Waals surface area (Å²) in [6.07, 6.45) is 0.0970. The number of fused-ring (bicyclic) bond motifs is 1. The Kier molecular flexibility index (Phi) is 3.36. The van der Waals surface area contributed by atoms with Crippen LogP contribution in [0.1, 0.15) is 11.7 Å². The van der Waals surface area contributed by atoms with Gasteiger partial charge in [0.1, 0.15) is 0 Å². The van der Waals surface area contributed by atoms with Crippen LogP contribution in [0, 0.1) is 0 Å². The molecular weight excluding hydrogens is 232 g/mol. The fourth-order valence-electron chi connectivity index (χ4n) is 2.40. The van der Waals surface area contributed by atoms with Crippen LogP contribution < -0.4 is 15.2 Å². The summed E-state index contributed by atoms with van der Waals surface area (Å²) >= 11 is 0. The van der Waals surface area contributed by atoms with Gasteiger partial charge in [-0.2, -0.15) is 0 Å². The van der Waals surface area contributed by atoms with E-state index < -0.39 is 0 Å². The lowest BCUT2D eigenvalue weighted by Gasteiger charge is -2.32. The number of nitrogens with zero attached hydrogens (tertiary/aromatic N) is 1. The van der Waals surface area contributed by atoms with Crippen molar-refractivity contribution in [2.24, 2.45) is 5.73 Å². The molecule has 0 radical (unpaired) electrons. The van der Waals surface area contributed by atoms with Crippen LogP contribution in [0.3, 0.4) is 0 Å². The molecule has 1 unspecified atom stereocenters. The zero-order valence-electron chi connectivity index (χ0n) is 10.3. The van der Waals surface area contributed by atoms with Gasteiger partial charge in [0.2, 0.25) is 6.79 Å². The molecule has 2 aliphatic rings. The molecule has 18 heavy (non-hydrogen) atoms. The van der Waals surface area contributed by atoms with Crippen LogP contribution in [0.4, 0.5) is 0 Å². The maximum Gasteiger partial charge on any atom is 0.231 e. The van der Waals surface area contributed by atoms with Crippen molar-refractivity contribution in [2.45, 2.75) is 6.10 Å². The minimum Gasteiger partial charge on any atom is -0.454 e. The zero-order chi connectivity index (χ0) is 12.4. The number of nitrogens with two attached hydrogens (primary N) is 1. The van der Waals surface area contributed by atoms with Gasteiger partial charge in [-0.05, 0) is 17.7 Å². The fourth-order valence-corrected chi connectivity index (χ4v) is 2.40. The molecule has 3 rings (SSSR count). The van der Waals surface area contributed by atoms with Crippen molar-refractivity contribution in [3.63, 3.8) is 0 Å². The van der Waals surface area contributed by atoms with Crippen LogP contribution in [0.15, 0.2) is 18.2 Å². The molecule has 1 atom stereocenters. The summed E-state index contributed by atoms with van der Waals surface area (Å²) in [4.78, 5) is 2.33. The third-order valence-electron chi connectivity index (χ3n) is 3.36. The summed E-state index contributed by atoms with van der Waals surface area (Å²) in [5.74, 6) is 1.63. The van der Waals surface area contributed by atoms with Crippen LogP contribution in [0.2, 0.25) is 0 Å². The standard InChI is InChI=1S/C13H18N2O3/c14-3-4-15-5-6-16-13(8-15)10-1-2-11-12(7-10)18-9-17-11/h1-2,7,13H,3-6,8-9,14H2. The largest absolute Gasteiger partial charge is 0.454 e. The second-order valence-corrected chi connectivity index (χ2v) is 4.56. The van der Waals surface area contributed by atoms with E-state index in [1.165, 1.54) is 0 Å². The maximum absolute atomic E-state index is 5.82. The third-order valence-corrected chi connectivity index (χ3v) is 3.36. The SMILES string of the molecule is NCCN1CCOC(c2ccc3c(c2)OCO3)C1. The molecule has 1 aromatic rings. The molecule has 2 heterocycles. The Balaban J connectivity index is 1.73. The molecular formula is C13H18N2O3. The van der Waals surface area contributed by atoms with Crippen LogP contribution in [-0.4, -0.2) is 44.5 Å². The summed E-state index contributed by atoms with van der Waals surface area (Å²) in [5.41, 5.74) is 6.74. The van der Waals surface area contributed by atoms with E-state index >= 15 is 0 Å². The van der Waals surface area contributed by atoms with Crippen molar-refractivity contribution in [2.75, 3.05) is 39.6 Å². The summed E-state index contributed by atoms with van der Waals surface area (Å²) in [6.45, 7) is 4.51. The van der Waals surface area contributed by atoms with Gasteiger partial charge in [-0.1, -0.05) is 6.07 Å². The van der Waals surface area contributed by atoms with Crippen LogP contribution in [0.5, 0.6) is 11.5 Å². The van der Waals surface area contributed by atoms with Crippen molar-refractivity contribution in [1.82, 2.24) is 4.90 Å². The van der Waals surface area contributed by atoms with E-state index in [-0.39, 0.29) is 6.10 Å². The Morgan fingerprint density at radius 3 is 3.06 bits per heavy atom. The lowest BCUT2D eigenvalue weighted by Crippen LogP contribution is -2.40. The number of hydrogen-bond acceptors (Lipinski definition) is 5. The minimum absolute atomic E-state index is 0.0970. The van der Waals surface area contributed by atoms with Crippen LogP contribution in [-0.2, 0) is 4.74 Å². The molecule has 5 heteroatoms. The quantitative estimate of drug-likeness (QED) is 0.857. The van der Waals surface area contributed by atoms with Crippen molar-refractivity contribution in [3.8, 4) is 11.5 Å². The van der Waals surface area contributed by atoms with Crippen LogP contribution >= 0.6 is 0 Å². The first-order chi connectivity index (χ1) is 8.86. The number of morpholine rings is 1. The Labute approximate surface area is 106 Å². The Bertz CT molecular complexity index is 423. The minimum atomic E-state index is 0.0970. The highest BCUT2D eigenvalue weighted by atomic mass is 16.7. The van der Waals surface area contributed by atoms with E-state index in [1.54, 1.807) is 0 Å². The molecule has 0 spiro atoms. The molecule has 0 bridgehead atoms. The van der Waals surface area contributed by atoms with E-state index in [4.69, 9.17) is 19.9 Å². The lowest BCUT2D eigenvalue weighted by atomic mass is 10.1. The van der Waals surface area contributed by atoms with Gasteiger partial charge >= 0.3 is 0 Å². The van der Waals surface area contributed by atoms with Gasteiger partial charge in [0.15, 0.2) is 11.5 Å². The highest BCUT2D eigenvalue weighted by Crippen LogP contribution is 2.35. The predicted octanol–water partition coefficient (Wildman–Crippen LogP) is 0.747. The first-order valence-electron chi connectivity index (χ1n) is 6.30. The smallest absolute Gasteiger partial charge is 0.231 e. The predicted molar refractivity (Wildman–Crippen MR) is 66.8 cm³/mol. The summed E-state index contributed by atoms with van der Waals surface area (Å²) < 4.78 is 16.5. The maximum atomic E-state index is 5.82. The molecule has 0 aromatic heterocycles. The van der Waals surface area contributed by atoms with Gasteiger partial charge < -0.3 is 19.9 Å². The number of hydrogen-bond donors (Lipinski definition) is 1. The van der Waals surface area contributed by atoms with E-state index in [1.807, 2.05) is 18.2 Å². The molecule has 98 valence electrons. The first kappa shape index (κ1) is 11.8. The molecule has 1 saturated heterocycles. The second-order valence-electron chi connectivity index (χ2n) is 4.56. The third kappa shape index (κ3) is 2.29. The number of benzene rings is 1. The Morgan fingerprint density at radius 1 is 1.28 bits per heavy atom. The van der Waals surface area contributed by atoms with Crippen molar-refractivity contribution in [3.05, 3.63) is 23.8 Å². The van der Waals surface area contributed by atoms with E-state index in [0.29, 0.717) is 13.3 Å². The number of ether oxygens (including phenoxy) is 3. The molecule has 0 amide bonds. The summed E-state index contributed by atoms with van der Waals surface area (Å²) in [6, 6.07) is 6.01. The fraction of sp³-hybridized carbons (Fsp3) is 0.538. The molecule has 1 fully saturated rings. The average Bonchev–Trinajstić information content (AvgIpc) is 2.86. The average molecular weight is 250 g/mol. The number of rotatable bonds is 3.